The fourth-order valence-electron chi connectivity index (χ4n) is 2.53. The lowest BCUT2D eigenvalue weighted by atomic mass is 10.1. The molecule has 0 saturated heterocycles. The van der Waals surface area contributed by atoms with Crippen LogP contribution in [0.5, 0.6) is 5.75 Å². The third-order valence-corrected chi connectivity index (χ3v) is 4.24. The van der Waals surface area contributed by atoms with Gasteiger partial charge in [-0.25, -0.2) is 4.79 Å². The van der Waals surface area contributed by atoms with Gasteiger partial charge < -0.3 is 14.8 Å². The van der Waals surface area contributed by atoms with Gasteiger partial charge in [0, 0.05) is 10.6 Å². The molecule has 0 aliphatic carbocycles. The SMILES string of the molecule is CCOc1ccccc1C(=O)OCC(=O)Nc1c(C)cc(SC#N)cc1C. The lowest BCUT2D eigenvalue weighted by molar-refractivity contribution is -0.119. The summed E-state index contributed by atoms with van der Waals surface area (Å²) in [6, 6.07) is 10.4. The highest BCUT2D eigenvalue weighted by Gasteiger charge is 2.16. The van der Waals surface area contributed by atoms with E-state index in [0.29, 0.717) is 18.0 Å². The molecule has 2 aromatic rings. The van der Waals surface area contributed by atoms with Gasteiger partial charge in [-0.2, -0.15) is 5.26 Å². The standard InChI is InChI=1S/C20H20N2O4S/c1-4-25-17-8-6-5-7-16(17)20(24)26-11-18(23)22-19-13(2)9-15(27-12-21)10-14(19)3/h5-10H,4,11H2,1-3H3,(H,22,23). The summed E-state index contributed by atoms with van der Waals surface area (Å²) in [6.45, 7) is 5.51. The smallest absolute Gasteiger partial charge is 0.342 e. The van der Waals surface area contributed by atoms with Crippen LogP contribution in [0.1, 0.15) is 28.4 Å². The van der Waals surface area contributed by atoms with Crippen LogP contribution in [-0.4, -0.2) is 25.1 Å². The van der Waals surface area contributed by atoms with Crippen molar-refractivity contribution in [2.45, 2.75) is 25.7 Å². The summed E-state index contributed by atoms with van der Waals surface area (Å²) < 4.78 is 10.5. The van der Waals surface area contributed by atoms with Crippen LogP contribution in [0.25, 0.3) is 0 Å². The van der Waals surface area contributed by atoms with Crippen molar-refractivity contribution in [2.75, 3.05) is 18.5 Å². The zero-order valence-electron chi connectivity index (χ0n) is 15.4. The summed E-state index contributed by atoms with van der Waals surface area (Å²) in [5.74, 6) is -0.643. The average Bonchev–Trinajstić information content (AvgIpc) is 2.64. The number of thioether (sulfide) groups is 1. The predicted molar refractivity (Wildman–Crippen MR) is 104 cm³/mol. The van der Waals surface area contributed by atoms with Crippen molar-refractivity contribution < 1.29 is 19.1 Å². The molecule has 0 spiro atoms. The molecule has 0 unspecified atom stereocenters. The van der Waals surface area contributed by atoms with E-state index in [1.54, 1.807) is 24.3 Å². The number of ether oxygens (including phenoxy) is 2. The number of carbonyl (C=O) groups excluding carboxylic acids is 2. The monoisotopic (exact) mass is 384 g/mol. The van der Waals surface area contributed by atoms with E-state index in [9.17, 15) is 9.59 Å². The lowest BCUT2D eigenvalue weighted by Crippen LogP contribution is -2.22. The van der Waals surface area contributed by atoms with Crippen molar-refractivity contribution in [1.82, 2.24) is 0 Å². The molecular formula is C20H20N2O4S. The van der Waals surface area contributed by atoms with Crippen LogP contribution in [0.4, 0.5) is 5.69 Å². The van der Waals surface area contributed by atoms with Gasteiger partial charge >= 0.3 is 5.97 Å². The Kier molecular flexibility index (Phi) is 7.26. The van der Waals surface area contributed by atoms with Crippen LogP contribution in [0.15, 0.2) is 41.3 Å². The molecule has 27 heavy (non-hydrogen) atoms. The minimum atomic E-state index is -0.622. The Morgan fingerprint density at radius 1 is 1.19 bits per heavy atom. The third-order valence-electron chi connectivity index (χ3n) is 3.68. The fraction of sp³-hybridized carbons (Fsp3) is 0.250. The number of aryl methyl sites for hydroxylation is 2. The Morgan fingerprint density at radius 2 is 1.85 bits per heavy atom. The number of benzene rings is 2. The number of anilines is 1. The van der Waals surface area contributed by atoms with Gasteiger partial charge in [0.05, 0.1) is 6.61 Å². The first-order valence-corrected chi connectivity index (χ1v) is 9.13. The van der Waals surface area contributed by atoms with Crippen molar-refractivity contribution in [2.24, 2.45) is 0 Å². The van der Waals surface area contributed by atoms with Gasteiger partial charge in [-0.15, -0.1) is 0 Å². The van der Waals surface area contributed by atoms with Crippen LogP contribution in [0.3, 0.4) is 0 Å². The Labute approximate surface area is 162 Å². The van der Waals surface area contributed by atoms with Crippen LogP contribution in [0, 0.1) is 24.5 Å². The normalized spacial score (nSPS) is 10.0. The molecule has 7 heteroatoms. The first-order chi connectivity index (χ1) is 13.0. The van der Waals surface area contributed by atoms with Gasteiger partial charge in [0.15, 0.2) is 6.61 Å². The van der Waals surface area contributed by atoms with Gasteiger partial charge in [0.1, 0.15) is 16.7 Å². The van der Waals surface area contributed by atoms with Crippen molar-refractivity contribution in [3.05, 3.63) is 53.1 Å². The molecule has 6 nitrogen and oxygen atoms in total. The van der Waals surface area contributed by atoms with Crippen LogP contribution < -0.4 is 10.1 Å². The first kappa shape index (κ1) is 20.3. The zero-order chi connectivity index (χ0) is 19.8. The Bertz CT molecular complexity index is 867. The van der Waals surface area contributed by atoms with Crippen molar-refractivity contribution in [1.29, 1.82) is 5.26 Å². The molecule has 1 amide bonds. The number of hydrogen-bond acceptors (Lipinski definition) is 6. The maximum atomic E-state index is 12.2. The van der Waals surface area contributed by atoms with Gasteiger partial charge in [-0.05, 0) is 67.9 Å². The summed E-state index contributed by atoms with van der Waals surface area (Å²) in [5, 5.41) is 13.5. The number of thiocyanates is 1. The molecule has 0 radical (unpaired) electrons. The van der Waals surface area contributed by atoms with E-state index in [2.05, 4.69) is 5.32 Å². The molecule has 0 saturated carbocycles. The molecule has 2 aromatic carbocycles. The molecule has 0 heterocycles. The summed E-state index contributed by atoms with van der Waals surface area (Å²) in [4.78, 5) is 25.2. The number of para-hydroxylation sites is 1. The number of amides is 1. The highest BCUT2D eigenvalue weighted by molar-refractivity contribution is 8.03. The topological polar surface area (TPSA) is 88.4 Å². The molecule has 0 aromatic heterocycles. The van der Waals surface area contributed by atoms with E-state index < -0.39 is 18.5 Å². The van der Waals surface area contributed by atoms with Gasteiger partial charge in [0.2, 0.25) is 0 Å². The number of nitrogens with zero attached hydrogens (tertiary/aromatic N) is 1. The van der Waals surface area contributed by atoms with Crippen molar-refractivity contribution in [3.63, 3.8) is 0 Å². The number of nitrogens with one attached hydrogen (secondary N) is 1. The van der Waals surface area contributed by atoms with E-state index >= 15 is 0 Å². The summed E-state index contributed by atoms with van der Waals surface area (Å²) in [7, 11) is 0. The molecular weight excluding hydrogens is 364 g/mol. The van der Waals surface area contributed by atoms with E-state index in [4.69, 9.17) is 14.7 Å². The third kappa shape index (κ3) is 5.50. The molecule has 0 aliphatic rings. The van der Waals surface area contributed by atoms with Crippen molar-refractivity contribution in [3.8, 4) is 11.2 Å². The largest absolute Gasteiger partial charge is 0.493 e. The molecule has 140 valence electrons. The minimum Gasteiger partial charge on any atom is -0.493 e. The second-order valence-electron chi connectivity index (χ2n) is 5.68. The first-order valence-electron chi connectivity index (χ1n) is 8.32. The summed E-state index contributed by atoms with van der Waals surface area (Å²) >= 11 is 1.06. The number of esters is 1. The molecule has 2 rings (SSSR count). The zero-order valence-corrected chi connectivity index (χ0v) is 16.2. The predicted octanol–water partition coefficient (Wildman–Crippen LogP) is 4.07. The number of hydrogen-bond donors (Lipinski definition) is 1. The molecule has 0 atom stereocenters. The second kappa shape index (κ2) is 9.64. The van der Waals surface area contributed by atoms with Crippen LogP contribution in [-0.2, 0) is 9.53 Å². The van der Waals surface area contributed by atoms with E-state index in [1.807, 2.05) is 38.3 Å². The Balaban J connectivity index is 2.01. The van der Waals surface area contributed by atoms with Gasteiger partial charge in [-0.3, -0.25) is 4.79 Å². The maximum absolute atomic E-state index is 12.2. The number of nitriles is 1. The molecule has 1 N–H and O–H groups in total. The highest BCUT2D eigenvalue weighted by Crippen LogP contribution is 2.27. The lowest BCUT2D eigenvalue weighted by Gasteiger charge is -2.13. The van der Waals surface area contributed by atoms with Gasteiger partial charge in [-0.1, -0.05) is 12.1 Å². The minimum absolute atomic E-state index is 0.275. The number of carbonyl (C=O) groups is 2. The Hall–Kier alpha value is -2.98. The summed E-state index contributed by atoms with van der Waals surface area (Å²) in [5.41, 5.74) is 2.58. The molecule has 0 aliphatic heterocycles. The average molecular weight is 384 g/mol. The highest BCUT2D eigenvalue weighted by atomic mass is 32.2. The molecule has 0 bridgehead atoms. The maximum Gasteiger partial charge on any atom is 0.342 e. The molecule has 0 fully saturated rings. The Morgan fingerprint density at radius 3 is 2.48 bits per heavy atom. The second-order valence-corrected chi connectivity index (χ2v) is 6.54. The van der Waals surface area contributed by atoms with E-state index in [0.717, 1.165) is 27.8 Å². The van der Waals surface area contributed by atoms with Gasteiger partial charge in [0.25, 0.3) is 5.91 Å². The van der Waals surface area contributed by atoms with Crippen LogP contribution in [0.2, 0.25) is 0 Å². The van der Waals surface area contributed by atoms with E-state index in [-0.39, 0.29) is 5.56 Å². The van der Waals surface area contributed by atoms with Crippen LogP contribution >= 0.6 is 11.8 Å². The quantitative estimate of drug-likeness (QED) is 0.440. The van der Waals surface area contributed by atoms with Crippen molar-refractivity contribution >= 4 is 29.3 Å². The fourth-order valence-corrected chi connectivity index (χ4v) is 3.11. The van der Waals surface area contributed by atoms with E-state index in [1.165, 1.54) is 0 Å². The summed E-state index contributed by atoms with van der Waals surface area (Å²) in [6.07, 6.45) is 0. The number of rotatable bonds is 7.